The summed E-state index contributed by atoms with van der Waals surface area (Å²) in [4.78, 5) is 16.8. The first-order valence-corrected chi connectivity index (χ1v) is 9.33. The molecule has 0 aliphatic rings. The van der Waals surface area contributed by atoms with E-state index in [1.165, 1.54) is 5.56 Å². The number of rotatable bonds is 8. The molecule has 0 fully saturated rings. The number of hydrogen-bond acceptors (Lipinski definition) is 5. The van der Waals surface area contributed by atoms with E-state index in [4.69, 9.17) is 9.47 Å². The Balaban J connectivity index is 1.60. The summed E-state index contributed by atoms with van der Waals surface area (Å²) in [5.74, 6) is 1.84. The molecule has 1 amide bonds. The second-order valence-electron chi connectivity index (χ2n) is 6.64. The zero-order valence-corrected chi connectivity index (χ0v) is 16.9. The number of ether oxygens (including phenoxy) is 2. The van der Waals surface area contributed by atoms with Crippen LogP contribution < -0.4 is 20.1 Å². The van der Waals surface area contributed by atoms with Gasteiger partial charge in [0.2, 0.25) is 0 Å². The Labute approximate surface area is 170 Å². The molecular weight excluding hydrogens is 366 g/mol. The molecule has 0 aliphatic heterocycles. The second-order valence-corrected chi connectivity index (χ2v) is 6.64. The molecular formula is C23H25N3O3. The Kier molecular flexibility index (Phi) is 6.68. The van der Waals surface area contributed by atoms with Crippen LogP contribution in [0.3, 0.4) is 0 Å². The molecule has 6 nitrogen and oxygen atoms in total. The van der Waals surface area contributed by atoms with Crippen LogP contribution in [0.2, 0.25) is 0 Å². The molecule has 0 bridgehead atoms. The van der Waals surface area contributed by atoms with E-state index in [1.54, 1.807) is 32.5 Å². The fourth-order valence-electron chi connectivity index (χ4n) is 2.84. The Morgan fingerprint density at radius 1 is 0.897 bits per heavy atom. The van der Waals surface area contributed by atoms with Crippen LogP contribution in [0.15, 0.2) is 60.8 Å². The Morgan fingerprint density at radius 2 is 1.62 bits per heavy atom. The van der Waals surface area contributed by atoms with Crippen molar-refractivity contribution in [3.05, 3.63) is 83.0 Å². The lowest BCUT2D eigenvalue weighted by atomic mass is 10.1. The minimum Gasteiger partial charge on any atom is -0.493 e. The summed E-state index contributed by atoms with van der Waals surface area (Å²) in [6.45, 7) is 3.06. The number of amides is 1. The minimum absolute atomic E-state index is 0.137. The number of benzene rings is 2. The number of nitrogens with one attached hydrogen (secondary N) is 2. The number of carbonyl (C=O) groups is 1. The zero-order chi connectivity index (χ0) is 20.6. The molecule has 150 valence electrons. The monoisotopic (exact) mass is 391 g/mol. The summed E-state index contributed by atoms with van der Waals surface area (Å²) >= 11 is 0. The molecule has 3 rings (SSSR count). The highest BCUT2D eigenvalue weighted by Crippen LogP contribution is 2.27. The summed E-state index contributed by atoms with van der Waals surface area (Å²) in [6.07, 6.45) is 1.62. The molecule has 0 radical (unpaired) electrons. The van der Waals surface area contributed by atoms with Gasteiger partial charge in [-0.1, -0.05) is 35.9 Å². The van der Waals surface area contributed by atoms with Crippen molar-refractivity contribution in [1.82, 2.24) is 10.3 Å². The van der Waals surface area contributed by atoms with E-state index in [9.17, 15) is 4.79 Å². The van der Waals surface area contributed by atoms with Crippen molar-refractivity contribution in [1.29, 1.82) is 0 Å². The van der Waals surface area contributed by atoms with E-state index in [0.29, 0.717) is 36.0 Å². The number of anilines is 1. The van der Waals surface area contributed by atoms with Crippen LogP contribution in [0.25, 0.3) is 0 Å². The molecule has 0 unspecified atom stereocenters. The third-order valence-corrected chi connectivity index (χ3v) is 4.52. The predicted molar refractivity (Wildman–Crippen MR) is 113 cm³/mol. The van der Waals surface area contributed by atoms with Crippen LogP contribution in [0.4, 0.5) is 5.82 Å². The third kappa shape index (κ3) is 5.48. The van der Waals surface area contributed by atoms with Crippen molar-refractivity contribution in [3.63, 3.8) is 0 Å². The van der Waals surface area contributed by atoms with E-state index in [0.717, 1.165) is 11.1 Å². The van der Waals surface area contributed by atoms with Gasteiger partial charge in [-0.15, -0.1) is 0 Å². The van der Waals surface area contributed by atoms with Crippen LogP contribution in [-0.4, -0.2) is 25.1 Å². The fourth-order valence-corrected chi connectivity index (χ4v) is 2.84. The van der Waals surface area contributed by atoms with Crippen molar-refractivity contribution in [2.75, 3.05) is 19.5 Å². The lowest BCUT2D eigenvalue weighted by Gasteiger charge is -2.11. The van der Waals surface area contributed by atoms with Crippen LogP contribution in [0, 0.1) is 6.92 Å². The van der Waals surface area contributed by atoms with Crippen molar-refractivity contribution in [2.45, 2.75) is 20.0 Å². The molecule has 0 aliphatic carbocycles. The number of nitrogens with zero attached hydrogens (tertiary/aromatic N) is 1. The van der Waals surface area contributed by atoms with E-state index in [2.05, 4.69) is 15.6 Å². The highest BCUT2D eigenvalue weighted by Gasteiger charge is 2.08. The first-order valence-electron chi connectivity index (χ1n) is 9.33. The SMILES string of the molecule is COc1ccc(CNc2cc(C(=O)NCc3ccc(C)cc3)ccn2)cc1OC. The normalized spacial score (nSPS) is 10.3. The molecule has 6 heteroatoms. The van der Waals surface area contributed by atoms with Crippen molar-refractivity contribution < 1.29 is 14.3 Å². The van der Waals surface area contributed by atoms with Crippen molar-refractivity contribution >= 4 is 11.7 Å². The maximum atomic E-state index is 12.5. The molecule has 1 heterocycles. The number of carbonyl (C=O) groups excluding carboxylic acids is 1. The topological polar surface area (TPSA) is 72.5 Å². The van der Waals surface area contributed by atoms with E-state index >= 15 is 0 Å². The Hall–Kier alpha value is -3.54. The van der Waals surface area contributed by atoms with Crippen LogP contribution >= 0.6 is 0 Å². The lowest BCUT2D eigenvalue weighted by molar-refractivity contribution is 0.0951. The highest BCUT2D eigenvalue weighted by atomic mass is 16.5. The molecule has 0 atom stereocenters. The molecule has 29 heavy (non-hydrogen) atoms. The van der Waals surface area contributed by atoms with E-state index in [-0.39, 0.29) is 5.91 Å². The molecule has 0 saturated heterocycles. The van der Waals surface area contributed by atoms with Crippen LogP contribution in [-0.2, 0) is 13.1 Å². The van der Waals surface area contributed by atoms with Gasteiger partial charge in [-0.2, -0.15) is 0 Å². The maximum Gasteiger partial charge on any atom is 0.251 e. The minimum atomic E-state index is -0.137. The summed E-state index contributed by atoms with van der Waals surface area (Å²) < 4.78 is 10.6. The molecule has 2 aromatic carbocycles. The summed E-state index contributed by atoms with van der Waals surface area (Å²) in [6, 6.07) is 17.2. The van der Waals surface area contributed by atoms with Gasteiger partial charge in [0.15, 0.2) is 11.5 Å². The standard InChI is InChI=1S/C23H25N3O3/c1-16-4-6-17(7-5-16)14-26-23(27)19-10-11-24-22(13-19)25-15-18-8-9-20(28-2)21(12-18)29-3/h4-13H,14-15H2,1-3H3,(H,24,25)(H,26,27). The quantitative estimate of drug-likeness (QED) is 0.608. The lowest BCUT2D eigenvalue weighted by Crippen LogP contribution is -2.23. The molecule has 2 N–H and O–H groups in total. The number of aryl methyl sites for hydroxylation is 1. The van der Waals surface area contributed by atoms with Gasteiger partial charge in [-0.05, 0) is 42.3 Å². The van der Waals surface area contributed by atoms with Gasteiger partial charge in [0, 0.05) is 24.8 Å². The van der Waals surface area contributed by atoms with Gasteiger partial charge in [-0.25, -0.2) is 4.98 Å². The first kappa shape index (κ1) is 20.2. The van der Waals surface area contributed by atoms with Gasteiger partial charge in [0.1, 0.15) is 5.82 Å². The fraction of sp³-hybridized carbons (Fsp3) is 0.217. The van der Waals surface area contributed by atoms with Crippen molar-refractivity contribution in [2.24, 2.45) is 0 Å². The van der Waals surface area contributed by atoms with Crippen LogP contribution in [0.1, 0.15) is 27.0 Å². The maximum absolute atomic E-state index is 12.5. The average Bonchev–Trinajstić information content (AvgIpc) is 2.77. The Morgan fingerprint density at radius 3 is 2.34 bits per heavy atom. The first-order chi connectivity index (χ1) is 14.1. The summed E-state index contributed by atoms with van der Waals surface area (Å²) in [5, 5.41) is 6.18. The van der Waals surface area contributed by atoms with Gasteiger partial charge >= 0.3 is 0 Å². The Bertz CT molecular complexity index is 971. The smallest absolute Gasteiger partial charge is 0.251 e. The zero-order valence-electron chi connectivity index (χ0n) is 16.9. The van der Waals surface area contributed by atoms with Crippen molar-refractivity contribution in [3.8, 4) is 11.5 Å². The highest BCUT2D eigenvalue weighted by molar-refractivity contribution is 5.94. The molecule has 3 aromatic rings. The molecule has 0 saturated carbocycles. The van der Waals surface area contributed by atoms with E-state index in [1.807, 2.05) is 49.4 Å². The summed E-state index contributed by atoms with van der Waals surface area (Å²) in [7, 11) is 3.21. The number of pyridine rings is 1. The number of aromatic nitrogens is 1. The second kappa shape index (κ2) is 9.59. The van der Waals surface area contributed by atoms with E-state index < -0.39 is 0 Å². The van der Waals surface area contributed by atoms with Gasteiger partial charge in [0.25, 0.3) is 5.91 Å². The predicted octanol–water partition coefficient (Wildman–Crippen LogP) is 3.95. The number of hydrogen-bond donors (Lipinski definition) is 2. The largest absolute Gasteiger partial charge is 0.493 e. The third-order valence-electron chi connectivity index (χ3n) is 4.52. The molecule has 1 aromatic heterocycles. The van der Waals surface area contributed by atoms with Gasteiger partial charge in [0.05, 0.1) is 14.2 Å². The van der Waals surface area contributed by atoms with Gasteiger partial charge in [-0.3, -0.25) is 4.79 Å². The average molecular weight is 391 g/mol. The number of methoxy groups -OCH3 is 2. The summed E-state index contributed by atoms with van der Waals surface area (Å²) in [5.41, 5.74) is 3.82. The molecule has 0 spiro atoms. The van der Waals surface area contributed by atoms with Crippen LogP contribution in [0.5, 0.6) is 11.5 Å². The van der Waals surface area contributed by atoms with Gasteiger partial charge < -0.3 is 20.1 Å².